The Balaban J connectivity index is 1.89. The predicted octanol–water partition coefficient (Wildman–Crippen LogP) is 1.44. The Labute approximate surface area is 126 Å². The zero-order valence-corrected chi connectivity index (χ0v) is 12.9. The Morgan fingerprint density at radius 1 is 1.38 bits per heavy atom. The lowest BCUT2D eigenvalue weighted by molar-refractivity contribution is 0.259. The quantitative estimate of drug-likeness (QED) is 0.883. The average molecular weight is 310 g/mol. The molecule has 1 unspecified atom stereocenters. The highest BCUT2D eigenvalue weighted by molar-refractivity contribution is 7.89. The third-order valence-corrected chi connectivity index (χ3v) is 6.41. The van der Waals surface area contributed by atoms with E-state index in [1.165, 1.54) is 0 Å². The van der Waals surface area contributed by atoms with Gasteiger partial charge in [0, 0.05) is 31.9 Å². The number of aliphatic hydroxyl groups excluding tert-OH is 1. The summed E-state index contributed by atoms with van der Waals surface area (Å²) < 4.78 is 27.4. The third kappa shape index (κ3) is 2.80. The van der Waals surface area contributed by atoms with Crippen molar-refractivity contribution in [3.05, 3.63) is 23.8 Å². The fraction of sp³-hybridized carbons (Fsp3) is 0.600. The minimum Gasteiger partial charge on any atom is -0.396 e. The molecule has 21 heavy (non-hydrogen) atoms. The molecule has 6 heteroatoms. The number of hydrogen-bond donors (Lipinski definition) is 2. The van der Waals surface area contributed by atoms with Crippen LogP contribution in [0.5, 0.6) is 0 Å². The molecule has 3 rings (SSSR count). The maximum Gasteiger partial charge on any atom is 0.243 e. The maximum absolute atomic E-state index is 12.9. The second-order valence-electron chi connectivity index (χ2n) is 5.84. The number of anilines is 1. The highest BCUT2D eigenvalue weighted by Crippen LogP contribution is 2.32. The van der Waals surface area contributed by atoms with E-state index in [-0.39, 0.29) is 12.5 Å². The van der Waals surface area contributed by atoms with Crippen LogP contribution in [0.15, 0.2) is 23.1 Å². The molecule has 0 bridgehead atoms. The van der Waals surface area contributed by atoms with Crippen LogP contribution in [0.1, 0.15) is 24.8 Å². The average Bonchev–Trinajstić information content (AvgIpc) is 2.96. The predicted molar refractivity (Wildman–Crippen MR) is 81.8 cm³/mol. The van der Waals surface area contributed by atoms with Gasteiger partial charge in [0.05, 0.1) is 4.90 Å². The smallest absolute Gasteiger partial charge is 0.243 e. The van der Waals surface area contributed by atoms with E-state index in [9.17, 15) is 8.42 Å². The van der Waals surface area contributed by atoms with Crippen molar-refractivity contribution in [1.82, 2.24) is 4.31 Å². The monoisotopic (exact) mass is 310 g/mol. The first kappa shape index (κ1) is 14.8. The molecule has 0 aromatic heterocycles. The van der Waals surface area contributed by atoms with Crippen molar-refractivity contribution >= 4 is 15.7 Å². The van der Waals surface area contributed by atoms with E-state index >= 15 is 0 Å². The number of hydrogen-bond acceptors (Lipinski definition) is 4. The molecule has 0 amide bonds. The summed E-state index contributed by atoms with van der Waals surface area (Å²) >= 11 is 0. The topological polar surface area (TPSA) is 69.6 Å². The molecular formula is C15H22N2O3S. The first-order valence-corrected chi connectivity index (χ1v) is 9.03. The fourth-order valence-electron chi connectivity index (χ4n) is 3.29. The summed E-state index contributed by atoms with van der Waals surface area (Å²) in [6.07, 6.45) is 3.30. The lowest BCUT2D eigenvalue weighted by Crippen LogP contribution is -2.30. The van der Waals surface area contributed by atoms with Crippen molar-refractivity contribution in [2.75, 3.05) is 31.6 Å². The lowest BCUT2D eigenvalue weighted by Gasteiger charge is -2.23. The second kappa shape index (κ2) is 5.94. The van der Waals surface area contributed by atoms with Crippen LogP contribution >= 0.6 is 0 Å². The Hall–Kier alpha value is -1.11. The summed E-state index contributed by atoms with van der Waals surface area (Å²) in [5.74, 6) is 0.280. The van der Waals surface area contributed by atoms with Gasteiger partial charge >= 0.3 is 0 Å². The standard InChI is InChI=1S/C15H22N2O3S/c18-10-7-12-6-9-17(11-12)21(19,20)15-5-1-4-14-13(15)3-2-8-16-14/h1,4-5,12,16,18H,2-3,6-11H2. The summed E-state index contributed by atoms with van der Waals surface area (Å²) in [6, 6.07) is 5.48. The van der Waals surface area contributed by atoms with Crippen molar-refractivity contribution in [3.63, 3.8) is 0 Å². The van der Waals surface area contributed by atoms with E-state index in [1.54, 1.807) is 10.4 Å². The van der Waals surface area contributed by atoms with Crippen molar-refractivity contribution in [2.45, 2.75) is 30.6 Å². The second-order valence-corrected chi connectivity index (χ2v) is 7.75. The summed E-state index contributed by atoms with van der Waals surface area (Å²) in [5, 5.41) is 12.3. The zero-order chi connectivity index (χ0) is 14.9. The Morgan fingerprint density at radius 3 is 3.05 bits per heavy atom. The molecule has 0 spiro atoms. The maximum atomic E-state index is 12.9. The van der Waals surface area contributed by atoms with Crippen molar-refractivity contribution < 1.29 is 13.5 Å². The molecule has 1 fully saturated rings. The molecule has 0 saturated carbocycles. The number of benzene rings is 1. The number of aliphatic hydroxyl groups is 1. The molecule has 1 saturated heterocycles. The van der Waals surface area contributed by atoms with E-state index in [0.29, 0.717) is 24.4 Å². The molecular weight excluding hydrogens is 288 g/mol. The molecule has 2 N–H and O–H groups in total. The molecule has 2 aliphatic rings. The molecule has 2 aliphatic heterocycles. The van der Waals surface area contributed by atoms with Crippen LogP contribution in [0.2, 0.25) is 0 Å². The number of fused-ring (bicyclic) bond motifs is 1. The van der Waals surface area contributed by atoms with E-state index in [4.69, 9.17) is 5.11 Å². The van der Waals surface area contributed by atoms with Crippen molar-refractivity contribution in [1.29, 1.82) is 0 Å². The summed E-state index contributed by atoms with van der Waals surface area (Å²) in [7, 11) is -3.42. The Bertz CT molecular complexity index is 615. The Kier molecular flexibility index (Phi) is 4.19. The summed E-state index contributed by atoms with van der Waals surface area (Å²) in [4.78, 5) is 0.455. The number of sulfonamides is 1. The van der Waals surface area contributed by atoms with Crippen LogP contribution in [0.25, 0.3) is 0 Å². The highest BCUT2D eigenvalue weighted by atomic mass is 32.2. The van der Waals surface area contributed by atoms with Crippen LogP contribution in [0, 0.1) is 5.92 Å². The van der Waals surface area contributed by atoms with Gasteiger partial charge in [0.15, 0.2) is 0 Å². The molecule has 2 heterocycles. The first-order valence-electron chi connectivity index (χ1n) is 7.59. The van der Waals surface area contributed by atoms with Gasteiger partial charge in [0.25, 0.3) is 0 Å². The third-order valence-electron chi connectivity index (χ3n) is 4.46. The number of nitrogens with zero attached hydrogens (tertiary/aromatic N) is 1. The van der Waals surface area contributed by atoms with E-state index in [2.05, 4.69) is 5.32 Å². The summed E-state index contributed by atoms with van der Waals surface area (Å²) in [5.41, 5.74) is 1.88. The van der Waals surface area contributed by atoms with Gasteiger partial charge in [0.1, 0.15) is 0 Å². The van der Waals surface area contributed by atoms with Gasteiger partial charge in [-0.05, 0) is 49.3 Å². The molecule has 1 aromatic carbocycles. The van der Waals surface area contributed by atoms with E-state index < -0.39 is 10.0 Å². The first-order chi connectivity index (χ1) is 10.1. The van der Waals surface area contributed by atoms with Crippen LogP contribution in [-0.2, 0) is 16.4 Å². The van der Waals surface area contributed by atoms with Gasteiger partial charge < -0.3 is 10.4 Å². The van der Waals surface area contributed by atoms with E-state index in [0.717, 1.165) is 37.1 Å². The minimum atomic E-state index is -3.42. The molecule has 0 radical (unpaired) electrons. The van der Waals surface area contributed by atoms with Gasteiger partial charge in [-0.1, -0.05) is 6.07 Å². The summed E-state index contributed by atoms with van der Waals surface area (Å²) in [6.45, 7) is 2.12. The largest absolute Gasteiger partial charge is 0.396 e. The van der Waals surface area contributed by atoms with Crippen LogP contribution in [-0.4, -0.2) is 44.1 Å². The SMILES string of the molecule is O=S(=O)(c1cccc2c1CCCN2)N1CCC(CCO)C1. The zero-order valence-electron chi connectivity index (χ0n) is 12.1. The number of rotatable bonds is 4. The van der Waals surface area contributed by atoms with Crippen LogP contribution in [0.4, 0.5) is 5.69 Å². The molecule has 1 aromatic rings. The normalized spacial score (nSPS) is 22.8. The highest BCUT2D eigenvalue weighted by Gasteiger charge is 2.34. The fourth-order valence-corrected chi connectivity index (χ4v) is 5.10. The van der Waals surface area contributed by atoms with Gasteiger partial charge in [-0.25, -0.2) is 8.42 Å². The number of nitrogens with one attached hydrogen (secondary N) is 1. The molecule has 116 valence electrons. The molecule has 5 nitrogen and oxygen atoms in total. The molecule has 0 aliphatic carbocycles. The van der Waals surface area contributed by atoms with Crippen molar-refractivity contribution in [2.24, 2.45) is 5.92 Å². The van der Waals surface area contributed by atoms with Gasteiger partial charge in [0.2, 0.25) is 10.0 Å². The van der Waals surface area contributed by atoms with E-state index in [1.807, 2.05) is 12.1 Å². The molecule has 1 atom stereocenters. The van der Waals surface area contributed by atoms with Crippen LogP contribution < -0.4 is 5.32 Å². The lowest BCUT2D eigenvalue weighted by atomic mass is 10.0. The van der Waals surface area contributed by atoms with Gasteiger partial charge in [-0.2, -0.15) is 4.31 Å². The Morgan fingerprint density at radius 2 is 2.24 bits per heavy atom. The van der Waals surface area contributed by atoms with Crippen molar-refractivity contribution in [3.8, 4) is 0 Å². The van der Waals surface area contributed by atoms with Gasteiger partial charge in [-0.3, -0.25) is 0 Å². The van der Waals surface area contributed by atoms with Gasteiger partial charge in [-0.15, -0.1) is 0 Å². The van der Waals surface area contributed by atoms with Crippen LogP contribution in [0.3, 0.4) is 0 Å². The minimum absolute atomic E-state index is 0.128.